The van der Waals surface area contributed by atoms with Gasteiger partial charge in [-0.15, -0.1) is 0 Å². The lowest BCUT2D eigenvalue weighted by atomic mass is 9.91. The number of hydrogen-bond donors (Lipinski definition) is 0. The van der Waals surface area contributed by atoms with Crippen molar-refractivity contribution in [3.05, 3.63) is 75.5 Å². The lowest BCUT2D eigenvalue weighted by molar-refractivity contribution is -0.115. The normalized spacial score (nSPS) is 17.3. The minimum Gasteiger partial charge on any atom is -0.267 e. The largest absolute Gasteiger partial charge is 0.292 e. The molecule has 4 rings (SSSR count). The lowest BCUT2D eigenvalue weighted by Gasteiger charge is -2.31. The van der Waals surface area contributed by atoms with Gasteiger partial charge in [0.2, 0.25) is 0 Å². The molecular weight excluding hydrogens is 443 g/mol. The van der Waals surface area contributed by atoms with E-state index in [9.17, 15) is 9.18 Å². The first-order valence-electron chi connectivity index (χ1n) is 10.5. The minimum atomic E-state index is -0.985. The van der Waals surface area contributed by atoms with Crippen molar-refractivity contribution in [1.29, 1.82) is 0 Å². The van der Waals surface area contributed by atoms with Crippen molar-refractivity contribution >= 4 is 33.4 Å². The van der Waals surface area contributed by atoms with Gasteiger partial charge >= 0.3 is 0 Å². The van der Waals surface area contributed by atoms with Crippen LogP contribution in [-0.4, -0.2) is 18.3 Å². The zero-order valence-electron chi connectivity index (χ0n) is 18.0. The van der Waals surface area contributed by atoms with Crippen LogP contribution in [0.2, 0.25) is 0 Å². The van der Waals surface area contributed by atoms with Crippen LogP contribution in [0.1, 0.15) is 67.7 Å². The molecular formula is C25H28BrFN2O. The quantitative estimate of drug-likeness (QED) is 0.442. The first kappa shape index (κ1) is 22.4. The molecule has 2 aliphatic rings. The van der Waals surface area contributed by atoms with Crippen LogP contribution >= 0.6 is 15.9 Å². The topological polar surface area (TPSA) is 32.7 Å². The van der Waals surface area contributed by atoms with Gasteiger partial charge in [-0.25, -0.2) is 4.39 Å². The molecule has 30 heavy (non-hydrogen) atoms. The molecule has 1 heterocycles. The second-order valence-corrected chi connectivity index (χ2v) is 8.49. The molecule has 1 aliphatic heterocycles. The number of anilines is 1. The summed E-state index contributed by atoms with van der Waals surface area (Å²) >= 11 is 3.60. The Morgan fingerprint density at radius 1 is 1.20 bits per heavy atom. The smallest absolute Gasteiger partial charge is 0.267 e. The van der Waals surface area contributed by atoms with E-state index in [1.807, 2.05) is 45.0 Å². The number of amidine groups is 1. The molecule has 1 fully saturated rings. The monoisotopic (exact) mass is 470 g/mol. The average molecular weight is 471 g/mol. The van der Waals surface area contributed by atoms with Crippen LogP contribution in [0.15, 0.2) is 58.3 Å². The zero-order chi connectivity index (χ0) is 22.0. The van der Waals surface area contributed by atoms with Crippen molar-refractivity contribution < 1.29 is 9.18 Å². The molecule has 158 valence electrons. The van der Waals surface area contributed by atoms with E-state index in [2.05, 4.69) is 41.6 Å². The van der Waals surface area contributed by atoms with E-state index in [4.69, 9.17) is 4.99 Å². The second kappa shape index (κ2) is 9.25. The van der Waals surface area contributed by atoms with Gasteiger partial charge in [0.15, 0.2) is 5.83 Å². The van der Waals surface area contributed by atoms with E-state index in [1.165, 1.54) is 4.90 Å². The number of carbonyl (C=O) groups excluding carboxylic acids is 1. The molecule has 0 spiro atoms. The standard InChI is InChI=1S/C23H22BrFN2O.C2H6/c1-13-10-21(19(11-20(13)24)16-8-9-16)27(23(28)15(3)25)22-18-7-5-4-6-17(18)14(2)12-26-22;1-2/h4-7,10-11,14,16H,3,8-9,12H2,1-2H3;1-2H3/t14-;/m0./s1. The molecule has 0 unspecified atom stereocenters. The van der Waals surface area contributed by atoms with Gasteiger partial charge in [0.1, 0.15) is 5.84 Å². The summed E-state index contributed by atoms with van der Waals surface area (Å²) in [6, 6.07) is 11.9. The van der Waals surface area contributed by atoms with Crippen LogP contribution in [0.5, 0.6) is 0 Å². The van der Waals surface area contributed by atoms with E-state index in [-0.39, 0.29) is 5.92 Å². The van der Waals surface area contributed by atoms with Gasteiger partial charge in [-0.05, 0) is 54.5 Å². The van der Waals surface area contributed by atoms with Gasteiger partial charge in [-0.2, -0.15) is 0 Å². The van der Waals surface area contributed by atoms with E-state index in [0.29, 0.717) is 24.0 Å². The van der Waals surface area contributed by atoms with E-state index >= 15 is 0 Å². The Labute approximate surface area is 186 Å². The number of fused-ring (bicyclic) bond motifs is 1. The zero-order valence-corrected chi connectivity index (χ0v) is 19.6. The van der Waals surface area contributed by atoms with Gasteiger partial charge in [0.25, 0.3) is 5.91 Å². The van der Waals surface area contributed by atoms with Gasteiger partial charge < -0.3 is 0 Å². The number of amides is 1. The van der Waals surface area contributed by atoms with Gasteiger partial charge in [0, 0.05) is 22.5 Å². The van der Waals surface area contributed by atoms with Crippen molar-refractivity contribution in [1.82, 2.24) is 0 Å². The number of nitrogens with zero attached hydrogens (tertiary/aromatic N) is 2. The third-order valence-electron chi connectivity index (χ3n) is 5.46. The highest BCUT2D eigenvalue weighted by atomic mass is 79.9. The molecule has 1 saturated carbocycles. The summed E-state index contributed by atoms with van der Waals surface area (Å²) in [7, 11) is 0. The van der Waals surface area contributed by atoms with Crippen molar-refractivity contribution in [2.24, 2.45) is 4.99 Å². The van der Waals surface area contributed by atoms with Crippen molar-refractivity contribution in [2.45, 2.75) is 52.4 Å². The fourth-order valence-electron chi connectivity index (χ4n) is 3.77. The van der Waals surface area contributed by atoms with Crippen molar-refractivity contribution in [3.8, 4) is 0 Å². The first-order valence-corrected chi connectivity index (χ1v) is 11.3. The molecule has 3 nitrogen and oxygen atoms in total. The molecule has 0 bridgehead atoms. The Kier molecular flexibility index (Phi) is 6.91. The SMILES string of the molecule is C=C(F)C(=O)N(C1=NC[C@H](C)c2ccccc21)c1cc(C)c(Br)cc1C1CC1.CC. The van der Waals surface area contributed by atoms with E-state index < -0.39 is 11.7 Å². The number of halogens is 2. The number of rotatable bonds is 3. The molecule has 1 atom stereocenters. The molecule has 2 aromatic carbocycles. The molecule has 0 saturated heterocycles. The third-order valence-corrected chi connectivity index (χ3v) is 6.31. The lowest BCUT2D eigenvalue weighted by Crippen LogP contribution is -2.40. The van der Waals surface area contributed by atoms with Gasteiger partial charge in [0.05, 0.1) is 5.69 Å². The number of benzene rings is 2. The fraction of sp³-hybridized carbons (Fsp3) is 0.360. The average Bonchev–Trinajstić information content (AvgIpc) is 3.59. The van der Waals surface area contributed by atoms with E-state index in [0.717, 1.165) is 39.6 Å². The van der Waals surface area contributed by atoms with Gasteiger partial charge in [-0.3, -0.25) is 14.7 Å². The fourth-order valence-corrected chi connectivity index (χ4v) is 4.13. The molecule has 0 N–H and O–H groups in total. The molecule has 0 aromatic heterocycles. The summed E-state index contributed by atoms with van der Waals surface area (Å²) in [5.41, 5.74) is 4.73. The molecule has 5 heteroatoms. The Balaban J connectivity index is 0.00000124. The summed E-state index contributed by atoms with van der Waals surface area (Å²) in [4.78, 5) is 19.1. The maximum Gasteiger partial charge on any atom is 0.292 e. The number of aryl methyl sites for hydroxylation is 1. The summed E-state index contributed by atoms with van der Waals surface area (Å²) in [6.45, 7) is 11.9. The van der Waals surface area contributed by atoms with Crippen LogP contribution in [0.4, 0.5) is 10.1 Å². The number of aliphatic imine (C=N–C) groups is 1. The molecule has 1 amide bonds. The minimum absolute atomic E-state index is 0.250. The molecule has 0 radical (unpaired) electrons. The van der Waals surface area contributed by atoms with E-state index in [1.54, 1.807) is 0 Å². The van der Waals surface area contributed by atoms with Gasteiger partial charge in [-0.1, -0.05) is 67.5 Å². The Morgan fingerprint density at radius 2 is 1.87 bits per heavy atom. The van der Waals surface area contributed by atoms with Crippen LogP contribution < -0.4 is 4.90 Å². The highest BCUT2D eigenvalue weighted by Crippen LogP contribution is 2.47. The Hall–Kier alpha value is -2.27. The summed E-state index contributed by atoms with van der Waals surface area (Å²) in [5.74, 6) is -0.609. The van der Waals surface area contributed by atoms with Crippen LogP contribution in [0, 0.1) is 6.92 Å². The Bertz CT molecular complexity index is 1010. The van der Waals surface area contributed by atoms with Crippen molar-refractivity contribution in [2.75, 3.05) is 11.4 Å². The first-order chi connectivity index (χ1) is 14.4. The van der Waals surface area contributed by atoms with Crippen LogP contribution in [0.25, 0.3) is 0 Å². The summed E-state index contributed by atoms with van der Waals surface area (Å²) in [5, 5.41) is 0. The highest BCUT2D eigenvalue weighted by Gasteiger charge is 2.35. The van der Waals surface area contributed by atoms with Crippen LogP contribution in [-0.2, 0) is 4.79 Å². The number of carbonyl (C=O) groups is 1. The third kappa shape index (κ3) is 4.27. The predicted octanol–water partition coefficient (Wildman–Crippen LogP) is 7.04. The maximum atomic E-state index is 14.1. The maximum absolute atomic E-state index is 14.1. The molecule has 2 aromatic rings. The van der Waals surface area contributed by atoms with Crippen molar-refractivity contribution in [3.63, 3.8) is 0 Å². The highest BCUT2D eigenvalue weighted by molar-refractivity contribution is 9.10. The second-order valence-electron chi connectivity index (χ2n) is 7.63. The van der Waals surface area contributed by atoms with Crippen LogP contribution in [0.3, 0.4) is 0 Å². The predicted molar refractivity (Wildman–Crippen MR) is 126 cm³/mol. The summed E-state index contributed by atoms with van der Waals surface area (Å²) in [6.07, 6.45) is 2.14. The summed E-state index contributed by atoms with van der Waals surface area (Å²) < 4.78 is 15.1. The molecule has 1 aliphatic carbocycles. The number of hydrogen-bond acceptors (Lipinski definition) is 2. The Morgan fingerprint density at radius 3 is 2.50 bits per heavy atom.